The molecule has 0 heterocycles. The summed E-state index contributed by atoms with van der Waals surface area (Å²) < 4.78 is 5.44. The smallest absolute Gasteiger partial charge is 0.314 e. The van der Waals surface area contributed by atoms with E-state index in [0.717, 1.165) is 25.7 Å². The molecule has 0 atom stereocenters. The second-order valence-corrected chi connectivity index (χ2v) is 6.04. The van der Waals surface area contributed by atoms with Gasteiger partial charge in [-0.3, -0.25) is 4.79 Å². The fourth-order valence-corrected chi connectivity index (χ4v) is 2.95. The first-order valence-electron chi connectivity index (χ1n) is 8.21. The summed E-state index contributed by atoms with van der Waals surface area (Å²) >= 11 is 0. The van der Waals surface area contributed by atoms with Crippen LogP contribution in [-0.4, -0.2) is 5.97 Å². The van der Waals surface area contributed by atoms with Crippen LogP contribution in [0.5, 0.6) is 5.75 Å². The minimum Gasteiger partial charge on any atom is -0.426 e. The molecule has 24 heavy (non-hydrogen) atoms. The predicted molar refractivity (Wildman–Crippen MR) is 93.2 cm³/mol. The number of hydrogen-bond donors (Lipinski definition) is 0. The van der Waals surface area contributed by atoms with Crippen LogP contribution >= 0.6 is 0 Å². The number of benzene rings is 2. The summed E-state index contributed by atoms with van der Waals surface area (Å²) in [6.45, 7) is 0. The molecular weight excluding hydrogens is 298 g/mol. The van der Waals surface area contributed by atoms with Gasteiger partial charge in [0.25, 0.3) is 0 Å². The van der Waals surface area contributed by atoms with Crippen molar-refractivity contribution in [1.29, 1.82) is 5.26 Å². The van der Waals surface area contributed by atoms with E-state index in [1.807, 2.05) is 24.3 Å². The molecule has 2 aromatic rings. The van der Waals surface area contributed by atoms with Crippen LogP contribution in [0, 0.1) is 17.2 Å². The molecule has 3 rings (SSSR count). The highest BCUT2D eigenvalue weighted by atomic mass is 16.5. The maximum Gasteiger partial charge on any atom is 0.314 e. The first kappa shape index (κ1) is 16.0. The minimum atomic E-state index is -0.168. The summed E-state index contributed by atoms with van der Waals surface area (Å²) in [4.78, 5) is 12.3. The Hall–Kier alpha value is -2.86. The van der Waals surface area contributed by atoms with Crippen LogP contribution in [-0.2, 0) is 4.79 Å². The number of rotatable bonds is 3. The van der Waals surface area contributed by atoms with Gasteiger partial charge < -0.3 is 4.74 Å². The number of carbonyl (C=O) groups is 1. The van der Waals surface area contributed by atoms with Gasteiger partial charge in [0.05, 0.1) is 17.6 Å². The van der Waals surface area contributed by atoms with Crippen LogP contribution in [0.25, 0.3) is 6.08 Å². The highest BCUT2D eigenvalue weighted by Gasteiger charge is 2.25. The Balaban J connectivity index is 1.55. The summed E-state index contributed by atoms with van der Waals surface area (Å²) in [5.41, 5.74) is 3.16. The number of allylic oxidation sites excluding steroid dienone is 1. The van der Waals surface area contributed by atoms with E-state index in [1.165, 1.54) is 11.1 Å². The van der Waals surface area contributed by atoms with Gasteiger partial charge in [-0.1, -0.05) is 42.0 Å². The molecular formula is C21H19NO2. The van der Waals surface area contributed by atoms with Crippen LogP contribution in [0.1, 0.15) is 36.8 Å². The van der Waals surface area contributed by atoms with Crippen molar-refractivity contribution in [2.45, 2.75) is 25.7 Å². The van der Waals surface area contributed by atoms with E-state index in [1.54, 1.807) is 24.3 Å². The zero-order chi connectivity index (χ0) is 16.8. The number of carbonyl (C=O) groups excluding carboxylic acids is 1. The first-order chi connectivity index (χ1) is 11.7. The van der Waals surface area contributed by atoms with Crippen molar-refractivity contribution in [3.8, 4) is 11.8 Å². The van der Waals surface area contributed by atoms with Gasteiger partial charge in [0.15, 0.2) is 0 Å². The zero-order valence-electron chi connectivity index (χ0n) is 13.4. The fourth-order valence-electron chi connectivity index (χ4n) is 2.95. The van der Waals surface area contributed by atoms with Crippen molar-refractivity contribution < 1.29 is 9.53 Å². The molecule has 0 N–H and O–H groups in total. The number of nitrogens with zero attached hydrogens (tertiary/aromatic N) is 1. The van der Waals surface area contributed by atoms with Gasteiger partial charge in [0.2, 0.25) is 0 Å². The van der Waals surface area contributed by atoms with Gasteiger partial charge in [-0.25, -0.2) is 0 Å². The summed E-state index contributed by atoms with van der Waals surface area (Å²) in [6, 6.07) is 19.0. The Bertz CT molecular complexity index is 760. The molecule has 0 saturated heterocycles. The Labute approximate surface area is 142 Å². The molecule has 0 unspecified atom stereocenters. The van der Waals surface area contributed by atoms with E-state index in [9.17, 15) is 4.79 Å². The SMILES string of the molecule is N#Cc1ccc(OC(=O)C2CCC(=Cc3ccccc3)CC2)cc1. The topological polar surface area (TPSA) is 50.1 Å². The standard InChI is InChI=1S/C21H19NO2/c22-15-18-8-12-20(13-9-18)24-21(23)19-10-6-17(7-11-19)14-16-4-2-1-3-5-16/h1-5,8-9,12-14,19H,6-7,10-11H2. The van der Waals surface area contributed by atoms with Gasteiger partial charge in [0, 0.05) is 0 Å². The molecule has 0 aliphatic heterocycles. The average molecular weight is 317 g/mol. The summed E-state index contributed by atoms with van der Waals surface area (Å²) in [7, 11) is 0. The Kier molecular flexibility index (Phi) is 5.08. The van der Waals surface area contributed by atoms with Crippen molar-refractivity contribution in [3.05, 3.63) is 71.3 Å². The molecule has 1 saturated carbocycles. The monoisotopic (exact) mass is 317 g/mol. The number of ether oxygens (including phenoxy) is 1. The van der Waals surface area contributed by atoms with Crippen molar-refractivity contribution >= 4 is 12.0 Å². The van der Waals surface area contributed by atoms with Gasteiger partial charge in [-0.2, -0.15) is 5.26 Å². The predicted octanol–water partition coefficient (Wildman–Crippen LogP) is 4.74. The summed E-state index contributed by atoms with van der Waals surface area (Å²) in [5, 5.41) is 8.78. The lowest BCUT2D eigenvalue weighted by Crippen LogP contribution is -2.23. The number of hydrogen-bond acceptors (Lipinski definition) is 3. The second-order valence-electron chi connectivity index (χ2n) is 6.04. The van der Waals surface area contributed by atoms with Gasteiger partial charge in [0.1, 0.15) is 5.75 Å². The fraction of sp³-hybridized carbons (Fsp3) is 0.238. The molecule has 2 aromatic carbocycles. The molecule has 120 valence electrons. The summed E-state index contributed by atoms with van der Waals surface area (Å²) in [5.74, 6) is 0.289. The Morgan fingerprint density at radius 1 is 1.04 bits per heavy atom. The second kappa shape index (κ2) is 7.61. The van der Waals surface area contributed by atoms with Gasteiger partial charge in [-0.05, 0) is 55.5 Å². The largest absolute Gasteiger partial charge is 0.426 e. The van der Waals surface area contributed by atoms with Crippen LogP contribution in [0.3, 0.4) is 0 Å². The zero-order valence-corrected chi connectivity index (χ0v) is 13.4. The van der Waals surface area contributed by atoms with Crippen LogP contribution in [0.15, 0.2) is 60.2 Å². The lowest BCUT2D eigenvalue weighted by atomic mass is 9.85. The van der Waals surface area contributed by atoms with E-state index in [-0.39, 0.29) is 11.9 Å². The highest BCUT2D eigenvalue weighted by molar-refractivity contribution is 5.75. The van der Waals surface area contributed by atoms with E-state index < -0.39 is 0 Å². The normalized spacial score (nSPS) is 17.0. The van der Waals surface area contributed by atoms with Crippen LogP contribution < -0.4 is 4.74 Å². The molecule has 1 fully saturated rings. The third kappa shape index (κ3) is 4.11. The van der Waals surface area contributed by atoms with Crippen molar-refractivity contribution in [2.24, 2.45) is 5.92 Å². The molecule has 0 radical (unpaired) electrons. The van der Waals surface area contributed by atoms with E-state index >= 15 is 0 Å². The van der Waals surface area contributed by atoms with E-state index in [4.69, 9.17) is 10.00 Å². The first-order valence-corrected chi connectivity index (χ1v) is 8.21. The van der Waals surface area contributed by atoms with Crippen molar-refractivity contribution in [1.82, 2.24) is 0 Å². The summed E-state index contributed by atoms with van der Waals surface area (Å²) in [6.07, 6.45) is 5.74. The number of nitriles is 1. The van der Waals surface area contributed by atoms with Crippen LogP contribution in [0.4, 0.5) is 0 Å². The molecule has 1 aliphatic rings. The van der Waals surface area contributed by atoms with Gasteiger partial charge >= 0.3 is 5.97 Å². The third-order valence-electron chi connectivity index (χ3n) is 4.33. The molecule has 0 bridgehead atoms. The average Bonchev–Trinajstić information content (AvgIpc) is 2.64. The third-order valence-corrected chi connectivity index (χ3v) is 4.33. The molecule has 3 nitrogen and oxygen atoms in total. The highest BCUT2D eigenvalue weighted by Crippen LogP contribution is 2.30. The molecule has 1 aliphatic carbocycles. The lowest BCUT2D eigenvalue weighted by Gasteiger charge is -2.22. The molecule has 0 aromatic heterocycles. The lowest BCUT2D eigenvalue weighted by molar-refractivity contribution is -0.139. The maximum absolute atomic E-state index is 12.3. The Morgan fingerprint density at radius 2 is 1.71 bits per heavy atom. The van der Waals surface area contributed by atoms with E-state index in [0.29, 0.717) is 11.3 Å². The quantitative estimate of drug-likeness (QED) is 0.607. The molecule has 0 spiro atoms. The van der Waals surface area contributed by atoms with Crippen molar-refractivity contribution in [3.63, 3.8) is 0 Å². The van der Waals surface area contributed by atoms with E-state index in [2.05, 4.69) is 18.2 Å². The molecule has 3 heteroatoms. The molecule has 0 amide bonds. The maximum atomic E-state index is 12.3. The van der Waals surface area contributed by atoms with Crippen LogP contribution in [0.2, 0.25) is 0 Å². The number of esters is 1. The minimum absolute atomic E-state index is 0.0476. The Morgan fingerprint density at radius 3 is 2.33 bits per heavy atom. The van der Waals surface area contributed by atoms with Crippen molar-refractivity contribution in [2.75, 3.05) is 0 Å². The van der Waals surface area contributed by atoms with Gasteiger partial charge in [-0.15, -0.1) is 0 Å².